The van der Waals surface area contributed by atoms with E-state index in [0.717, 1.165) is 20.1 Å². The summed E-state index contributed by atoms with van der Waals surface area (Å²) in [5.74, 6) is 0. The van der Waals surface area contributed by atoms with E-state index in [2.05, 4.69) is 44.0 Å². The average Bonchev–Trinajstić information content (AvgIpc) is 2.35. The number of halogens is 2. The first-order valence-electron chi connectivity index (χ1n) is 5.49. The molecule has 0 spiro atoms. The summed E-state index contributed by atoms with van der Waals surface area (Å²) < 4.78 is 12.1. The Morgan fingerprint density at radius 1 is 0.889 bits per heavy atom. The largest absolute Gasteiger partial charge is 0.381 e. The molecule has 2 nitrogen and oxygen atoms in total. The van der Waals surface area contributed by atoms with Gasteiger partial charge in [0.1, 0.15) is 0 Å². The predicted molar refractivity (Wildman–Crippen MR) is 83.7 cm³/mol. The van der Waals surface area contributed by atoms with Gasteiger partial charge in [-0.25, -0.2) is 0 Å². The van der Waals surface area contributed by atoms with E-state index in [0.29, 0.717) is 13.2 Å². The Morgan fingerprint density at radius 2 is 1.28 bits per heavy atom. The lowest BCUT2D eigenvalue weighted by Gasteiger charge is -2.04. The monoisotopic (exact) mass is 374 g/mol. The molecule has 18 heavy (non-hydrogen) atoms. The zero-order chi connectivity index (χ0) is 13.4. The van der Waals surface area contributed by atoms with Crippen LogP contribution in [-0.2, 0) is 9.47 Å². The van der Waals surface area contributed by atoms with Crippen LogP contribution in [-0.4, -0.2) is 27.4 Å². The van der Waals surface area contributed by atoms with Crippen LogP contribution in [0, 0.1) is 0 Å². The van der Waals surface area contributed by atoms with Crippen LogP contribution in [0.15, 0.2) is 33.2 Å². The molecule has 0 aromatic heterocycles. The zero-order valence-electron chi connectivity index (χ0n) is 10.5. The number of ether oxygens (including phenoxy) is 2. The molecule has 0 amide bonds. The van der Waals surface area contributed by atoms with Crippen LogP contribution in [0.1, 0.15) is 11.1 Å². The van der Waals surface area contributed by atoms with E-state index >= 15 is 0 Å². The summed E-state index contributed by atoms with van der Waals surface area (Å²) in [5, 5.41) is 0. The highest BCUT2D eigenvalue weighted by atomic mass is 79.9. The van der Waals surface area contributed by atoms with Gasteiger partial charge in [-0.05, 0) is 23.3 Å². The van der Waals surface area contributed by atoms with Gasteiger partial charge in [-0.3, -0.25) is 0 Å². The molecule has 1 rings (SSSR count). The fraction of sp³-hybridized carbons (Fsp3) is 0.286. The first kappa shape index (κ1) is 15.6. The van der Waals surface area contributed by atoms with E-state index in [4.69, 9.17) is 9.47 Å². The second kappa shape index (κ2) is 8.64. The van der Waals surface area contributed by atoms with Crippen LogP contribution in [0.4, 0.5) is 0 Å². The zero-order valence-corrected chi connectivity index (χ0v) is 13.6. The highest BCUT2D eigenvalue weighted by Gasteiger charge is 2.02. The third-order valence-electron chi connectivity index (χ3n) is 2.24. The highest BCUT2D eigenvalue weighted by molar-refractivity contribution is 9.11. The Kier molecular flexibility index (Phi) is 7.51. The van der Waals surface area contributed by atoms with Crippen LogP contribution in [0.5, 0.6) is 0 Å². The summed E-state index contributed by atoms with van der Waals surface area (Å²) in [6.45, 7) is 1.22. The van der Waals surface area contributed by atoms with Crippen LogP contribution < -0.4 is 0 Å². The van der Waals surface area contributed by atoms with E-state index in [9.17, 15) is 0 Å². The van der Waals surface area contributed by atoms with Crippen molar-refractivity contribution in [1.29, 1.82) is 0 Å². The van der Waals surface area contributed by atoms with Gasteiger partial charge in [0.05, 0.1) is 13.2 Å². The van der Waals surface area contributed by atoms with Gasteiger partial charge in [0.15, 0.2) is 0 Å². The molecule has 0 saturated heterocycles. The lowest BCUT2D eigenvalue weighted by atomic mass is 10.1. The van der Waals surface area contributed by atoms with Gasteiger partial charge in [0, 0.05) is 23.2 Å². The van der Waals surface area contributed by atoms with Gasteiger partial charge in [-0.2, -0.15) is 0 Å². The quantitative estimate of drug-likeness (QED) is 0.727. The Balaban J connectivity index is 2.90. The third-order valence-corrected chi connectivity index (χ3v) is 3.61. The summed E-state index contributed by atoms with van der Waals surface area (Å²) in [6.07, 6.45) is 8.02. The lowest BCUT2D eigenvalue weighted by molar-refractivity contribution is 0.234. The van der Waals surface area contributed by atoms with Gasteiger partial charge in [-0.1, -0.05) is 56.2 Å². The van der Waals surface area contributed by atoms with Crippen molar-refractivity contribution in [3.8, 4) is 0 Å². The molecule has 0 aliphatic carbocycles. The van der Waals surface area contributed by atoms with Crippen molar-refractivity contribution in [3.63, 3.8) is 0 Å². The number of benzene rings is 1. The molecule has 0 heterocycles. The highest BCUT2D eigenvalue weighted by Crippen LogP contribution is 2.28. The first-order chi connectivity index (χ1) is 8.69. The molecule has 0 radical (unpaired) electrons. The van der Waals surface area contributed by atoms with Gasteiger partial charge in [0.2, 0.25) is 0 Å². The van der Waals surface area contributed by atoms with Gasteiger partial charge in [0.25, 0.3) is 0 Å². The fourth-order valence-corrected chi connectivity index (χ4v) is 2.36. The summed E-state index contributed by atoms with van der Waals surface area (Å²) in [7, 11) is 3.36. The van der Waals surface area contributed by atoms with Crippen molar-refractivity contribution in [2.24, 2.45) is 0 Å². The summed E-state index contributed by atoms with van der Waals surface area (Å²) >= 11 is 7.13. The van der Waals surface area contributed by atoms with E-state index in [-0.39, 0.29) is 0 Å². The topological polar surface area (TPSA) is 18.5 Å². The molecule has 4 heteroatoms. The molecule has 0 aliphatic rings. The molecule has 0 fully saturated rings. The average molecular weight is 376 g/mol. The Hall–Kier alpha value is -0.420. The lowest BCUT2D eigenvalue weighted by Crippen LogP contribution is -1.85. The molecule has 0 atom stereocenters. The van der Waals surface area contributed by atoms with Gasteiger partial charge in [-0.15, -0.1) is 0 Å². The van der Waals surface area contributed by atoms with Crippen molar-refractivity contribution < 1.29 is 9.47 Å². The maximum atomic E-state index is 4.98. The van der Waals surface area contributed by atoms with Gasteiger partial charge < -0.3 is 9.47 Å². The number of rotatable bonds is 6. The third kappa shape index (κ3) is 5.06. The van der Waals surface area contributed by atoms with E-state index in [1.807, 2.05) is 24.3 Å². The minimum Gasteiger partial charge on any atom is -0.381 e. The normalized spacial score (nSPS) is 11.8. The molecule has 0 aliphatic heterocycles. The molecule has 0 unspecified atom stereocenters. The van der Waals surface area contributed by atoms with E-state index in [1.165, 1.54) is 0 Å². The van der Waals surface area contributed by atoms with Crippen LogP contribution in [0.25, 0.3) is 12.2 Å². The van der Waals surface area contributed by atoms with Crippen molar-refractivity contribution in [2.75, 3.05) is 27.4 Å². The number of hydrogen-bond donors (Lipinski definition) is 0. The SMILES string of the molecule is COC/C=C/c1cc(Br)c(/C=C/COC)cc1Br. The molecule has 98 valence electrons. The molecule has 1 aromatic rings. The second-order valence-corrected chi connectivity index (χ2v) is 5.32. The standard InChI is InChI=1S/C14H16Br2O2/c1-17-7-3-5-11-9-14(16)12(10-13(11)15)6-4-8-18-2/h3-6,9-10H,7-8H2,1-2H3/b5-3+,6-4+. The minimum absolute atomic E-state index is 0.611. The molecule has 0 N–H and O–H groups in total. The van der Waals surface area contributed by atoms with Crippen LogP contribution in [0.2, 0.25) is 0 Å². The minimum atomic E-state index is 0.611. The van der Waals surface area contributed by atoms with E-state index < -0.39 is 0 Å². The smallest absolute Gasteiger partial charge is 0.0646 e. The van der Waals surface area contributed by atoms with Crippen molar-refractivity contribution in [3.05, 3.63) is 44.4 Å². The fourth-order valence-electron chi connectivity index (χ4n) is 1.38. The second-order valence-electron chi connectivity index (χ2n) is 3.61. The molecule has 1 aromatic carbocycles. The predicted octanol–water partition coefficient (Wildman–Crippen LogP) is 4.53. The first-order valence-corrected chi connectivity index (χ1v) is 7.07. The van der Waals surface area contributed by atoms with Crippen molar-refractivity contribution in [2.45, 2.75) is 0 Å². The Labute approximate surface area is 125 Å². The summed E-state index contributed by atoms with van der Waals surface area (Å²) in [6, 6.07) is 4.14. The molecular weight excluding hydrogens is 360 g/mol. The van der Waals surface area contributed by atoms with Crippen molar-refractivity contribution in [1.82, 2.24) is 0 Å². The molecule has 0 bridgehead atoms. The molecular formula is C14H16Br2O2. The Bertz CT molecular complexity index is 398. The maximum Gasteiger partial charge on any atom is 0.0646 e. The maximum absolute atomic E-state index is 4.98. The van der Waals surface area contributed by atoms with Crippen molar-refractivity contribution >= 4 is 44.0 Å². The summed E-state index contributed by atoms with van der Waals surface area (Å²) in [4.78, 5) is 0. The number of hydrogen-bond acceptors (Lipinski definition) is 2. The van der Waals surface area contributed by atoms with Crippen LogP contribution in [0.3, 0.4) is 0 Å². The Morgan fingerprint density at radius 3 is 1.61 bits per heavy atom. The molecule has 0 saturated carbocycles. The van der Waals surface area contributed by atoms with Gasteiger partial charge >= 0.3 is 0 Å². The summed E-state index contributed by atoms with van der Waals surface area (Å²) in [5.41, 5.74) is 2.23. The van der Waals surface area contributed by atoms with E-state index in [1.54, 1.807) is 14.2 Å². The van der Waals surface area contributed by atoms with Crippen LogP contribution >= 0.6 is 31.9 Å². The number of methoxy groups -OCH3 is 2.